The summed E-state index contributed by atoms with van der Waals surface area (Å²) in [6, 6.07) is 13.3. The minimum atomic E-state index is -4.04. The second-order valence-corrected chi connectivity index (χ2v) is 14.6. The molecule has 3 fully saturated rings. The van der Waals surface area contributed by atoms with Crippen LogP contribution in [-0.4, -0.2) is 72.6 Å². The number of hydrogen-bond donors (Lipinski definition) is 3. The van der Waals surface area contributed by atoms with Gasteiger partial charge in [0.2, 0.25) is 21.8 Å². The SMILES string of the molecule is C[C@@H]1CCN(C(=O)C[C@](C)(NS(=O)(=O)Cc2ccccc2)C(=O)N2CCCC3(NCc4cc(Cl)ccc4CN)C(=O)[C@@H]23)C1. The molecule has 10 nitrogen and oxygen atoms in total. The van der Waals surface area contributed by atoms with Crippen LogP contribution in [0.4, 0.5) is 0 Å². The van der Waals surface area contributed by atoms with Crippen molar-refractivity contribution in [3.05, 3.63) is 70.2 Å². The molecule has 3 aliphatic rings. The number of nitrogens with two attached hydrogens (primary N) is 1. The van der Waals surface area contributed by atoms with Crippen molar-refractivity contribution in [2.75, 3.05) is 19.6 Å². The molecule has 4 N–H and O–H groups in total. The molecule has 1 saturated carbocycles. The van der Waals surface area contributed by atoms with Gasteiger partial charge in [0.05, 0.1) is 12.2 Å². The molecule has 2 aliphatic heterocycles. The summed E-state index contributed by atoms with van der Waals surface area (Å²) in [5.74, 6) is -0.997. The van der Waals surface area contributed by atoms with E-state index in [0.717, 1.165) is 17.5 Å². The third-order valence-corrected chi connectivity index (χ3v) is 10.6. The van der Waals surface area contributed by atoms with Crippen LogP contribution in [0, 0.1) is 5.92 Å². The summed E-state index contributed by atoms with van der Waals surface area (Å²) in [5, 5.41) is 3.93. The summed E-state index contributed by atoms with van der Waals surface area (Å²) in [6.45, 7) is 5.58. The summed E-state index contributed by atoms with van der Waals surface area (Å²) in [4.78, 5) is 44.3. The third kappa shape index (κ3) is 6.66. The van der Waals surface area contributed by atoms with Crippen LogP contribution < -0.4 is 15.8 Å². The number of carbonyl (C=O) groups excluding carboxylic acids is 3. The Bertz CT molecular complexity index is 1510. The first-order valence-corrected chi connectivity index (χ1v) is 16.8. The van der Waals surface area contributed by atoms with Crippen LogP contribution in [0.1, 0.15) is 56.2 Å². The number of fused-ring (bicyclic) bond motifs is 1. The van der Waals surface area contributed by atoms with E-state index in [1.165, 1.54) is 11.8 Å². The van der Waals surface area contributed by atoms with E-state index >= 15 is 0 Å². The van der Waals surface area contributed by atoms with Gasteiger partial charge in [-0.05, 0) is 60.9 Å². The first-order chi connectivity index (χ1) is 20.4. The lowest BCUT2D eigenvalue weighted by atomic mass is 9.94. The predicted molar refractivity (Wildman–Crippen MR) is 164 cm³/mol. The molecule has 0 aromatic heterocycles. The summed E-state index contributed by atoms with van der Waals surface area (Å²) < 4.78 is 29.4. The molecule has 2 saturated heterocycles. The Kier molecular flexibility index (Phi) is 9.02. The molecule has 43 heavy (non-hydrogen) atoms. The maximum atomic E-state index is 14.3. The monoisotopic (exact) mass is 629 g/mol. The lowest BCUT2D eigenvalue weighted by Crippen LogP contribution is -2.62. The molecule has 2 amide bonds. The summed E-state index contributed by atoms with van der Waals surface area (Å²) >= 11 is 6.21. The minimum Gasteiger partial charge on any atom is -0.342 e. The highest BCUT2D eigenvalue weighted by Crippen LogP contribution is 2.45. The van der Waals surface area contributed by atoms with E-state index in [1.807, 2.05) is 12.1 Å². The van der Waals surface area contributed by atoms with E-state index in [4.69, 9.17) is 17.3 Å². The van der Waals surface area contributed by atoms with Crippen LogP contribution in [0.2, 0.25) is 5.02 Å². The molecule has 12 heteroatoms. The van der Waals surface area contributed by atoms with E-state index in [-0.39, 0.29) is 30.4 Å². The Balaban J connectivity index is 1.38. The largest absolute Gasteiger partial charge is 0.342 e. The van der Waals surface area contributed by atoms with Crippen molar-refractivity contribution in [1.82, 2.24) is 19.8 Å². The highest BCUT2D eigenvalue weighted by atomic mass is 35.5. The predicted octanol–water partition coefficient (Wildman–Crippen LogP) is 2.34. The van der Waals surface area contributed by atoms with Gasteiger partial charge in [-0.25, -0.2) is 8.42 Å². The number of ketones is 1. The molecule has 2 aromatic carbocycles. The molecule has 232 valence electrons. The van der Waals surface area contributed by atoms with Gasteiger partial charge in [0, 0.05) is 37.7 Å². The van der Waals surface area contributed by atoms with Crippen LogP contribution in [0.3, 0.4) is 0 Å². The van der Waals surface area contributed by atoms with Crippen LogP contribution in [0.15, 0.2) is 48.5 Å². The Morgan fingerprint density at radius 3 is 2.56 bits per heavy atom. The van der Waals surface area contributed by atoms with Gasteiger partial charge in [0.1, 0.15) is 17.1 Å². The number of amides is 2. The molecule has 2 aromatic rings. The average Bonchev–Trinajstić information content (AvgIpc) is 3.30. The van der Waals surface area contributed by atoms with Gasteiger partial charge in [-0.2, -0.15) is 4.72 Å². The van der Waals surface area contributed by atoms with Gasteiger partial charge < -0.3 is 15.5 Å². The van der Waals surface area contributed by atoms with Crippen molar-refractivity contribution < 1.29 is 22.8 Å². The molecular weight excluding hydrogens is 590 g/mol. The zero-order valence-corrected chi connectivity index (χ0v) is 26.2. The molecule has 4 atom stereocenters. The number of piperidine rings is 1. The number of hydrogen-bond acceptors (Lipinski definition) is 7. The summed E-state index contributed by atoms with van der Waals surface area (Å²) in [7, 11) is -4.04. The topological polar surface area (TPSA) is 142 Å². The summed E-state index contributed by atoms with van der Waals surface area (Å²) in [6.07, 6.45) is 1.60. The minimum absolute atomic E-state index is 0.121. The smallest absolute Gasteiger partial charge is 0.244 e. The number of halogens is 1. The number of rotatable bonds is 11. The number of nitrogens with one attached hydrogen (secondary N) is 2. The number of nitrogens with zero attached hydrogens (tertiary/aromatic N) is 2. The molecule has 0 bridgehead atoms. The van der Waals surface area contributed by atoms with E-state index < -0.39 is 33.1 Å². The van der Waals surface area contributed by atoms with Crippen molar-refractivity contribution in [3.63, 3.8) is 0 Å². The highest BCUT2D eigenvalue weighted by molar-refractivity contribution is 7.88. The molecule has 5 rings (SSSR count). The van der Waals surface area contributed by atoms with E-state index in [1.54, 1.807) is 41.3 Å². The molecular formula is C31H40ClN5O5S. The third-order valence-electron chi connectivity index (χ3n) is 8.93. The van der Waals surface area contributed by atoms with Crippen molar-refractivity contribution >= 4 is 39.2 Å². The standard InChI is InChI=1S/C31H40ClN5O5S/c1-21-11-14-36(19-21)26(38)16-30(2,35-43(41,42)20-22-7-4-3-5-8-22)29(40)37-13-6-12-31(27(37)28(31)39)34-18-24-15-25(32)10-9-23(24)17-33/h3-5,7-10,15,21,27,34-35H,6,11-14,16-20,33H2,1-2H3/t21-,27-,30+,31?/m1/s1. The number of likely N-dealkylation sites (tertiary alicyclic amines) is 2. The van der Waals surface area contributed by atoms with Gasteiger partial charge in [-0.1, -0.05) is 54.9 Å². The van der Waals surface area contributed by atoms with Gasteiger partial charge >= 0.3 is 0 Å². The quantitative estimate of drug-likeness (QED) is 0.346. The van der Waals surface area contributed by atoms with Gasteiger partial charge in [0.25, 0.3) is 0 Å². The lowest BCUT2D eigenvalue weighted by Gasteiger charge is -2.38. The summed E-state index contributed by atoms with van der Waals surface area (Å²) in [5.41, 5.74) is 5.51. The fraction of sp³-hybridized carbons (Fsp3) is 0.516. The number of carbonyl (C=O) groups is 3. The second kappa shape index (κ2) is 12.3. The van der Waals surface area contributed by atoms with Crippen molar-refractivity contribution in [3.8, 4) is 0 Å². The second-order valence-electron chi connectivity index (χ2n) is 12.4. The van der Waals surface area contributed by atoms with Crippen LogP contribution in [0.25, 0.3) is 0 Å². The zero-order chi connectivity index (χ0) is 31.0. The Hall–Kier alpha value is -2.83. The first-order valence-electron chi connectivity index (χ1n) is 14.8. The number of sulfonamides is 1. The Labute approximate surface area is 258 Å². The lowest BCUT2D eigenvalue weighted by molar-refractivity contribution is -0.144. The molecule has 0 radical (unpaired) electrons. The maximum absolute atomic E-state index is 14.3. The van der Waals surface area contributed by atoms with E-state index in [0.29, 0.717) is 55.5 Å². The van der Waals surface area contributed by atoms with Gasteiger partial charge in [-0.3, -0.25) is 19.7 Å². The number of Topliss-reactive ketones (excluding diaryl/α,β-unsaturated/α-hetero) is 1. The molecule has 0 spiro atoms. The molecule has 1 aliphatic carbocycles. The van der Waals surface area contributed by atoms with Crippen LogP contribution >= 0.6 is 11.6 Å². The van der Waals surface area contributed by atoms with Crippen LogP contribution in [-0.2, 0) is 43.2 Å². The fourth-order valence-electron chi connectivity index (χ4n) is 6.58. The average molecular weight is 630 g/mol. The van der Waals surface area contributed by atoms with Crippen molar-refractivity contribution in [2.45, 2.75) is 75.5 Å². The van der Waals surface area contributed by atoms with Gasteiger partial charge in [0.15, 0.2) is 5.78 Å². The maximum Gasteiger partial charge on any atom is 0.244 e. The zero-order valence-electron chi connectivity index (χ0n) is 24.6. The molecule has 2 heterocycles. The fourth-order valence-corrected chi connectivity index (χ4v) is 8.32. The number of benzene rings is 2. The normalized spacial score (nSPS) is 24.9. The van der Waals surface area contributed by atoms with Crippen molar-refractivity contribution in [2.24, 2.45) is 11.7 Å². The van der Waals surface area contributed by atoms with E-state index in [2.05, 4.69) is 17.0 Å². The van der Waals surface area contributed by atoms with E-state index in [9.17, 15) is 22.8 Å². The van der Waals surface area contributed by atoms with Crippen LogP contribution in [0.5, 0.6) is 0 Å². The Morgan fingerprint density at radius 1 is 1.14 bits per heavy atom. The van der Waals surface area contributed by atoms with Crippen molar-refractivity contribution in [1.29, 1.82) is 0 Å². The first kappa shape index (κ1) is 31.6. The Morgan fingerprint density at radius 2 is 1.88 bits per heavy atom. The molecule has 1 unspecified atom stereocenters. The van der Waals surface area contributed by atoms with Gasteiger partial charge in [-0.15, -0.1) is 0 Å². The highest BCUT2D eigenvalue weighted by Gasteiger charge is 2.70.